The average molecular weight is 407 g/mol. The molecule has 0 aromatic carbocycles. The maximum Gasteiger partial charge on any atom is 0.206 e. The van der Waals surface area contributed by atoms with Gasteiger partial charge >= 0.3 is 0 Å². The van der Waals surface area contributed by atoms with Gasteiger partial charge in [0.1, 0.15) is 5.69 Å². The Balaban J connectivity index is 1.15. The minimum atomic E-state index is 0.293. The van der Waals surface area contributed by atoms with E-state index < -0.39 is 0 Å². The zero-order chi connectivity index (χ0) is 19.4. The summed E-state index contributed by atoms with van der Waals surface area (Å²) in [5.41, 5.74) is 4.74. The highest BCUT2D eigenvalue weighted by Crippen LogP contribution is 2.62. The zero-order valence-electron chi connectivity index (χ0n) is 17.4. The van der Waals surface area contributed by atoms with Gasteiger partial charge in [-0.05, 0) is 104 Å². The minimum Gasteiger partial charge on any atom is -0.355 e. The Bertz CT molecular complexity index is 957. The molecule has 0 amide bonds. The zero-order valence-corrected chi connectivity index (χ0v) is 18.3. The molecule has 9 rings (SSSR count). The fourth-order valence-corrected chi connectivity index (χ4v) is 8.97. The van der Waals surface area contributed by atoms with Crippen LogP contribution < -0.4 is 5.32 Å². The monoisotopic (exact) mass is 406 g/mol. The van der Waals surface area contributed by atoms with Gasteiger partial charge in [0.25, 0.3) is 0 Å². The topological polar surface area (TPSA) is 50.7 Å². The lowest BCUT2D eigenvalue weighted by atomic mass is 9.48. The lowest BCUT2D eigenvalue weighted by molar-refractivity contribution is 0.0107. The fourth-order valence-electron chi connectivity index (χ4n) is 8.14. The Labute approximate surface area is 176 Å². The van der Waals surface area contributed by atoms with Gasteiger partial charge in [0.2, 0.25) is 5.13 Å². The van der Waals surface area contributed by atoms with Crippen molar-refractivity contribution in [1.82, 2.24) is 15.2 Å². The first-order chi connectivity index (χ1) is 14.0. The first-order valence-electron chi connectivity index (χ1n) is 11.6. The number of rotatable bonds is 3. The Morgan fingerprint density at radius 2 is 1.72 bits per heavy atom. The molecule has 5 saturated carbocycles. The van der Waals surface area contributed by atoms with Crippen molar-refractivity contribution >= 4 is 16.5 Å². The first kappa shape index (κ1) is 17.2. The molecule has 0 radical (unpaired) electrons. The van der Waals surface area contributed by atoms with Crippen molar-refractivity contribution in [2.45, 2.75) is 76.7 Å². The second-order valence-electron chi connectivity index (χ2n) is 11.5. The van der Waals surface area contributed by atoms with Gasteiger partial charge in [-0.3, -0.25) is 4.98 Å². The van der Waals surface area contributed by atoms with E-state index >= 15 is 0 Å². The van der Waals surface area contributed by atoms with E-state index in [0.717, 1.165) is 39.5 Å². The van der Waals surface area contributed by atoms with Crippen LogP contribution in [0.25, 0.3) is 10.7 Å². The van der Waals surface area contributed by atoms with E-state index in [-0.39, 0.29) is 0 Å². The molecule has 0 saturated heterocycles. The highest BCUT2D eigenvalue weighted by molar-refractivity contribution is 7.18. The SMILES string of the molecule is CC1(C)[C@@H]2Cc3cc(-c4nnc(NC56CC7CC(CC(C7)C5)C6)s4)ncc3[C@H]1C2. The van der Waals surface area contributed by atoms with Gasteiger partial charge in [-0.25, -0.2) is 0 Å². The molecule has 2 aromatic rings. The summed E-state index contributed by atoms with van der Waals surface area (Å²) in [4.78, 5) is 4.82. The highest BCUT2D eigenvalue weighted by atomic mass is 32.1. The maximum atomic E-state index is 4.82. The van der Waals surface area contributed by atoms with Crippen LogP contribution >= 0.6 is 11.3 Å². The number of hydrogen-bond donors (Lipinski definition) is 1. The molecule has 0 aliphatic heterocycles. The number of nitrogens with one attached hydrogen (secondary N) is 1. The second-order valence-corrected chi connectivity index (χ2v) is 12.5. The Morgan fingerprint density at radius 1 is 1.00 bits per heavy atom. The van der Waals surface area contributed by atoms with Crippen molar-refractivity contribution in [3.63, 3.8) is 0 Å². The normalized spacial score (nSPS) is 40.4. The molecule has 7 aliphatic rings. The van der Waals surface area contributed by atoms with Crippen LogP contribution in [0.2, 0.25) is 0 Å². The van der Waals surface area contributed by atoms with Gasteiger partial charge < -0.3 is 5.32 Å². The van der Waals surface area contributed by atoms with Crippen molar-refractivity contribution in [3.05, 3.63) is 23.4 Å². The lowest BCUT2D eigenvalue weighted by Crippen LogP contribution is -2.54. The molecular weight excluding hydrogens is 376 g/mol. The molecule has 0 unspecified atom stereocenters. The molecule has 5 fully saturated rings. The summed E-state index contributed by atoms with van der Waals surface area (Å²) < 4.78 is 0. The molecule has 0 spiro atoms. The number of nitrogens with zero attached hydrogens (tertiary/aromatic N) is 3. The largest absolute Gasteiger partial charge is 0.355 e. The van der Waals surface area contributed by atoms with Crippen molar-refractivity contribution in [2.75, 3.05) is 5.32 Å². The molecule has 2 heterocycles. The van der Waals surface area contributed by atoms with Crippen molar-refractivity contribution < 1.29 is 0 Å². The van der Waals surface area contributed by atoms with Gasteiger partial charge in [-0.15, -0.1) is 10.2 Å². The third kappa shape index (κ3) is 2.46. The van der Waals surface area contributed by atoms with Crippen LogP contribution in [0.15, 0.2) is 12.3 Å². The molecule has 5 heteroatoms. The van der Waals surface area contributed by atoms with Crippen LogP contribution in [0.1, 0.15) is 75.8 Å². The summed E-state index contributed by atoms with van der Waals surface area (Å²) in [5.74, 6) is 4.36. The summed E-state index contributed by atoms with van der Waals surface area (Å²) in [6.07, 6.45) is 13.1. The fraction of sp³-hybridized carbons (Fsp3) is 0.708. The summed E-state index contributed by atoms with van der Waals surface area (Å²) in [6.45, 7) is 4.85. The number of hydrogen-bond acceptors (Lipinski definition) is 5. The summed E-state index contributed by atoms with van der Waals surface area (Å²) in [7, 11) is 0. The summed E-state index contributed by atoms with van der Waals surface area (Å²) in [6, 6.07) is 2.30. The lowest BCUT2D eigenvalue weighted by Gasteiger charge is -2.57. The Hall–Kier alpha value is -1.49. The van der Waals surface area contributed by atoms with Gasteiger partial charge in [-0.2, -0.15) is 0 Å². The number of anilines is 1. The van der Waals surface area contributed by atoms with Crippen LogP contribution in [0, 0.1) is 29.1 Å². The van der Waals surface area contributed by atoms with Gasteiger partial charge in [0, 0.05) is 11.7 Å². The van der Waals surface area contributed by atoms with Gasteiger partial charge in [0.15, 0.2) is 5.01 Å². The predicted octanol–water partition coefficient (Wildman–Crippen LogP) is 5.67. The third-order valence-electron chi connectivity index (χ3n) is 9.39. The Kier molecular flexibility index (Phi) is 3.32. The van der Waals surface area contributed by atoms with E-state index in [4.69, 9.17) is 4.98 Å². The van der Waals surface area contributed by atoms with Crippen molar-refractivity contribution in [3.8, 4) is 10.7 Å². The molecule has 152 valence electrons. The molecule has 6 bridgehead atoms. The van der Waals surface area contributed by atoms with Gasteiger partial charge in [-0.1, -0.05) is 25.2 Å². The summed E-state index contributed by atoms with van der Waals surface area (Å²) >= 11 is 1.70. The maximum absolute atomic E-state index is 4.82. The predicted molar refractivity (Wildman–Crippen MR) is 116 cm³/mol. The molecule has 2 atom stereocenters. The standard InChI is InChI=1S/C24H30N4S/c1-23(2)17-6-16-7-20(25-12-18(16)19(23)8-17)21-27-28-22(29-21)26-24-9-13-3-14(10-24)5-15(4-13)11-24/h7,12-15,17,19H,3-6,8-11H2,1-2H3,(H,26,28)/t13?,14?,15?,17-,19-,24?/m1/s1. The highest BCUT2D eigenvalue weighted by Gasteiger charge is 2.53. The van der Waals surface area contributed by atoms with E-state index in [1.54, 1.807) is 11.3 Å². The van der Waals surface area contributed by atoms with E-state index in [9.17, 15) is 0 Å². The average Bonchev–Trinajstić information content (AvgIpc) is 3.13. The smallest absolute Gasteiger partial charge is 0.206 e. The molecule has 4 nitrogen and oxygen atoms in total. The number of pyridine rings is 1. The molecule has 7 aliphatic carbocycles. The van der Waals surface area contributed by atoms with Crippen LogP contribution in [0.4, 0.5) is 5.13 Å². The Morgan fingerprint density at radius 3 is 2.41 bits per heavy atom. The first-order valence-corrected chi connectivity index (χ1v) is 12.4. The van der Waals surface area contributed by atoms with Crippen molar-refractivity contribution in [2.24, 2.45) is 29.1 Å². The second kappa shape index (κ2) is 5.60. The van der Waals surface area contributed by atoms with Gasteiger partial charge in [0.05, 0.1) is 0 Å². The quantitative estimate of drug-likeness (QED) is 0.714. The molecule has 29 heavy (non-hydrogen) atoms. The minimum absolute atomic E-state index is 0.293. The number of aromatic nitrogens is 3. The van der Waals surface area contributed by atoms with E-state index in [1.165, 1.54) is 62.5 Å². The molecular formula is C24H30N4S. The summed E-state index contributed by atoms with van der Waals surface area (Å²) in [5, 5.41) is 14.9. The van der Waals surface area contributed by atoms with E-state index in [1.807, 2.05) is 0 Å². The van der Waals surface area contributed by atoms with E-state index in [2.05, 4.69) is 41.6 Å². The van der Waals surface area contributed by atoms with Crippen molar-refractivity contribution in [1.29, 1.82) is 0 Å². The van der Waals surface area contributed by atoms with Crippen LogP contribution in [0.3, 0.4) is 0 Å². The molecule has 2 aromatic heterocycles. The third-order valence-corrected chi connectivity index (χ3v) is 10.3. The molecule has 1 N–H and O–H groups in total. The van der Waals surface area contributed by atoms with E-state index in [0.29, 0.717) is 16.9 Å². The van der Waals surface area contributed by atoms with Crippen LogP contribution in [-0.4, -0.2) is 20.7 Å². The van der Waals surface area contributed by atoms with Crippen LogP contribution in [0.5, 0.6) is 0 Å². The van der Waals surface area contributed by atoms with Crippen LogP contribution in [-0.2, 0) is 6.42 Å².